The highest BCUT2D eigenvalue weighted by atomic mass is 32.2. The van der Waals surface area contributed by atoms with Crippen molar-refractivity contribution < 1.29 is 21.4 Å². The molecule has 3 aromatic rings. The molecule has 0 saturated carbocycles. The Hall–Kier alpha value is -2.45. The van der Waals surface area contributed by atoms with E-state index >= 15 is 0 Å². The molecule has 2 aromatic carbocycles. The zero-order chi connectivity index (χ0) is 23.0. The van der Waals surface area contributed by atoms with Crippen LogP contribution in [0.4, 0.5) is 8.78 Å². The first kappa shape index (κ1) is 22.7. The summed E-state index contributed by atoms with van der Waals surface area (Å²) in [6.07, 6.45) is 5.18. The Kier molecular flexibility index (Phi) is 6.27. The minimum absolute atomic E-state index is 0.0566. The fourth-order valence-corrected chi connectivity index (χ4v) is 5.70. The first-order valence-corrected chi connectivity index (χ1v) is 12.3. The third-order valence-corrected chi connectivity index (χ3v) is 7.47. The standard InChI is InChI=1S/C24H28F2N2O3S/c1-4-10-28-15-20(17-8-11-27(3)12-9-17)19-14-18(13-16(2)23(19)28)31-32(29,30)24-21(25)6-5-7-22(24)26/h5-7,13-15,17H,4,8-12H2,1-3H3. The second-order valence-electron chi connectivity index (χ2n) is 8.58. The van der Waals surface area contributed by atoms with Gasteiger partial charge in [0.15, 0.2) is 4.90 Å². The van der Waals surface area contributed by atoms with Crippen molar-refractivity contribution in [3.05, 3.63) is 59.3 Å². The normalized spacial score (nSPS) is 16.0. The van der Waals surface area contributed by atoms with Crippen molar-refractivity contribution in [2.24, 2.45) is 0 Å². The highest BCUT2D eigenvalue weighted by molar-refractivity contribution is 7.87. The smallest absolute Gasteiger partial charge is 0.345 e. The molecule has 0 spiro atoms. The molecule has 0 unspecified atom stereocenters. The van der Waals surface area contributed by atoms with E-state index < -0.39 is 26.6 Å². The summed E-state index contributed by atoms with van der Waals surface area (Å²) in [4.78, 5) is 1.23. The highest BCUT2D eigenvalue weighted by Gasteiger charge is 2.28. The zero-order valence-electron chi connectivity index (χ0n) is 18.6. The molecule has 1 aromatic heterocycles. The van der Waals surface area contributed by atoms with E-state index in [2.05, 4.69) is 29.6 Å². The van der Waals surface area contributed by atoms with E-state index in [0.717, 1.165) is 73.6 Å². The number of hydrogen-bond acceptors (Lipinski definition) is 4. The van der Waals surface area contributed by atoms with E-state index in [1.807, 2.05) is 6.92 Å². The van der Waals surface area contributed by atoms with Gasteiger partial charge in [0.2, 0.25) is 0 Å². The molecule has 1 fully saturated rings. The molecule has 1 saturated heterocycles. The summed E-state index contributed by atoms with van der Waals surface area (Å²) in [7, 11) is -2.56. The van der Waals surface area contributed by atoms with Gasteiger partial charge < -0.3 is 13.7 Å². The number of halogens is 2. The molecule has 2 heterocycles. The number of piperidine rings is 1. The molecule has 32 heavy (non-hydrogen) atoms. The minimum Gasteiger partial charge on any atom is -0.379 e. The first-order chi connectivity index (χ1) is 15.2. The van der Waals surface area contributed by atoms with Crippen LogP contribution in [0.15, 0.2) is 41.4 Å². The maximum Gasteiger partial charge on any atom is 0.345 e. The molecule has 0 aliphatic carbocycles. The van der Waals surface area contributed by atoms with Gasteiger partial charge in [-0.15, -0.1) is 0 Å². The van der Waals surface area contributed by atoms with Crippen LogP contribution in [0.5, 0.6) is 5.75 Å². The van der Waals surface area contributed by atoms with Gasteiger partial charge in [0.05, 0.1) is 5.52 Å². The summed E-state index contributed by atoms with van der Waals surface area (Å²) in [5.74, 6) is -1.93. The van der Waals surface area contributed by atoms with Crippen molar-refractivity contribution in [1.82, 2.24) is 9.47 Å². The molecule has 8 heteroatoms. The van der Waals surface area contributed by atoms with Gasteiger partial charge in [-0.2, -0.15) is 8.42 Å². The molecule has 172 valence electrons. The Morgan fingerprint density at radius 2 is 1.78 bits per heavy atom. The third-order valence-electron chi connectivity index (χ3n) is 6.16. The Morgan fingerprint density at radius 3 is 2.41 bits per heavy atom. The van der Waals surface area contributed by atoms with Crippen LogP contribution < -0.4 is 4.18 Å². The van der Waals surface area contributed by atoms with E-state index in [4.69, 9.17) is 4.18 Å². The largest absolute Gasteiger partial charge is 0.379 e. The molecule has 0 bridgehead atoms. The SMILES string of the molecule is CCCn1cc(C2CCN(C)CC2)c2cc(OS(=O)(=O)c3c(F)cccc3F)cc(C)c21. The first-order valence-electron chi connectivity index (χ1n) is 10.9. The average molecular weight is 463 g/mol. The fraction of sp³-hybridized carbons (Fsp3) is 0.417. The lowest BCUT2D eigenvalue weighted by atomic mass is 9.89. The van der Waals surface area contributed by atoms with Crippen LogP contribution in [-0.4, -0.2) is 38.0 Å². The Balaban J connectivity index is 1.79. The monoisotopic (exact) mass is 462 g/mol. The van der Waals surface area contributed by atoms with E-state index in [0.29, 0.717) is 5.92 Å². The Morgan fingerprint density at radius 1 is 1.12 bits per heavy atom. The summed E-state index contributed by atoms with van der Waals surface area (Å²) in [5.41, 5.74) is 3.07. The third kappa shape index (κ3) is 4.26. The molecular formula is C24H28F2N2O3S. The molecule has 1 aliphatic heterocycles. The molecule has 4 rings (SSSR count). The number of nitrogens with zero attached hydrogens (tertiary/aromatic N) is 2. The van der Waals surface area contributed by atoms with Gasteiger partial charge in [-0.05, 0) is 87.6 Å². The highest BCUT2D eigenvalue weighted by Crippen LogP contribution is 2.38. The van der Waals surface area contributed by atoms with Gasteiger partial charge in [0, 0.05) is 18.1 Å². The van der Waals surface area contributed by atoms with Gasteiger partial charge in [0.1, 0.15) is 17.4 Å². The molecule has 1 aliphatic rings. The van der Waals surface area contributed by atoms with Crippen LogP contribution in [-0.2, 0) is 16.7 Å². The molecule has 0 atom stereocenters. The van der Waals surface area contributed by atoms with E-state index in [9.17, 15) is 17.2 Å². The van der Waals surface area contributed by atoms with Gasteiger partial charge in [-0.3, -0.25) is 0 Å². The molecule has 5 nitrogen and oxygen atoms in total. The minimum atomic E-state index is -4.67. The molecular weight excluding hydrogens is 434 g/mol. The van der Waals surface area contributed by atoms with E-state index in [-0.39, 0.29) is 5.75 Å². The Labute approximate surface area is 187 Å². The lowest BCUT2D eigenvalue weighted by Crippen LogP contribution is -2.29. The summed E-state index contributed by atoms with van der Waals surface area (Å²) in [6.45, 7) is 6.87. The number of aromatic nitrogens is 1. The predicted molar refractivity (Wildman–Crippen MR) is 121 cm³/mol. The molecule has 0 N–H and O–H groups in total. The maximum absolute atomic E-state index is 14.1. The summed E-state index contributed by atoms with van der Waals surface area (Å²) in [6, 6.07) is 6.22. The van der Waals surface area contributed by atoms with Crippen LogP contribution in [0.3, 0.4) is 0 Å². The zero-order valence-corrected chi connectivity index (χ0v) is 19.4. The topological polar surface area (TPSA) is 51.5 Å². The van der Waals surface area contributed by atoms with Crippen LogP contribution in [0.2, 0.25) is 0 Å². The van der Waals surface area contributed by atoms with Gasteiger partial charge >= 0.3 is 10.1 Å². The van der Waals surface area contributed by atoms with Gasteiger partial charge in [-0.1, -0.05) is 13.0 Å². The number of aryl methyl sites for hydroxylation is 2. The summed E-state index contributed by atoms with van der Waals surface area (Å²) < 4.78 is 61.1. The van der Waals surface area contributed by atoms with Crippen molar-refractivity contribution in [1.29, 1.82) is 0 Å². The lowest BCUT2D eigenvalue weighted by molar-refractivity contribution is 0.256. The number of hydrogen-bond donors (Lipinski definition) is 0. The average Bonchev–Trinajstić information content (AvgIpc) is 3.07. The van der Waals surface area contributed by atoms with Crippen LogP contribution in [0.1, 0.15) is 43.2 Å². The summed E-state index contributed by atoms with van der Waals surface area (Å²) in [5, 5.41) is 0.937. The predicted octanol–water partition coefficient (Wildman–Crippen LogP) is 5.21. The molecule has 0 amide bonds. The lowest BCUT2D eigenvalue weighted by Gasteiger charge is -2.28. The van der Waals surface area contributed by atoms with E-state index in [1.165, 1.54) is 5.56 Å². The van der Waals surface area contributed by atoms with Crippen molar-refractivity contribution in [3.8, 4) is 5.75 Å². The summed E-state index contributed by atoms with van der Waals surface area (Å²) >= 11 is 0. The van der Waals surface area contributed by atoms with Gasteiger partial charge in [0.25, 0.3) is 0 Å². The number of rotatable bonds is 6. The number of benzene rings is 2. The van der Waals surface area contributed by atoms with Gasteiger partial charge in [-0.25, -0.2) is 8.78 Å². The van der Waals surface area contributed by atoms with Crippen molar-refractivity contribution >= 4 is 21.0 Å². The van der Waals surface area contributed by atoms with Crippen LogP contribution in [0.25, 0.3) is 10.9 Å². The van der Waals surface area contributed by atoms with Crippen molar-refractivity contribution in [2.75, 3.05) is 20.1 Å². The number of likely N-dealkylation sites (tertiary alicyclic amines) is 1. The van der Waals surface area contributed by atoms with Crippen LogP contribution in [0, 0.1) is 18.6 Å². The quantitative estimate of drug-likeness (QED) is 0.472. The Bertz CT molecular complexity index is 1230. The fourth-order valence-electron chi connectivity index (χ4n) is 4.65. The second kappa shape index (κ2) is 8.83. The van der Waals surface area contributed by atoms with Crippen molar-refractivity contribution in [3.63, 3.8) is 0 Å². The molecule has 0 radical (unpaired) electrons. The van der Waals surface area contributed by atoms with E-state index in [1.54, 1.807) is 12.1 Å². The van der Waals surface area contributed by atoms with Crippen molar-refractivity contribution in [2.45, 2.75) is 50.5 Å². The second-order valence-corrected chi connectivity index (χ2v) is 10.1. The van der Waals surface area contributed by atoms with Crippen LogP contribution >= 0.6 is 0 Å². The number of fused-ring (bicyclic) bond motifs is 1. The maximum atomic E-state index is 14.1.